The molecule has 0 bridgehead atoms. The molecule has 2 radical (unpaired) electrons. The Balaban J connectivity index is 0.00000816. The first-order valence-corrected chi connectivity index (χ1v) is 29.6. The number of allylic oxidation sites excluding steroid dienone is 8. The van der Waals surface area contributed by atoms with E-state index in [2.05, 4.69) is 210 Å². The fourth-order valence-corrected chi connectivity index (χ4v) is 12.1. The molecule has 0 aliphatic carbocycles. The zero-order chi connectivity index (χ0) is 62.8. The minimum Gasteiger partial charge on any atom is -0.509 e. The number of nitrogens with one attached hydrogen (secondary N) is 2. The molecule has 0 saturated carbocycles. The molecule has 0 fully saturated rings. The summed E-state index contributed by atoms with van der Waals surface area (Å²) >= 11 is 0. The largest absolute Gasteiger partial charge is 0.509 e. The van der Waals surface area contributed by atoms with Crippen molar-refractivity contribution in [2.75, 3.05) is 9.80 Å². The van der Waals surface area contributed by atoms with Crippen molar-refractivity contribution in [2.24, 2.45) is 0 Å². The third kappa shape index (κ3) is 11.6. The van der Waals surface area contributed by atoms with E-state index in [1.54, 1.807) is 6.20 Å². The number of benzene rings is 8. The molecule has 88 heavy (non-hydrogen) atoms. The van der Waals surface area contributed by atoms with E-state index in [-0.39, 0.29) is 62.6 Å². The Morgan fingerprint density at radius 3 is 1.81 bits per heavy atom. The fraction of sp³-hybridized carbons (Fsp3) is 0.103. The third-order valence-electron chi connectivity index (χ3n) is 16.4. The third-order valence-corrected chi connectivity index (χ3v) is 16.4. The monoisotopic (exact) mass is 1320 g/mol. The minimum atomic E-state index is -0.641. The van der Waals surface area contributed by atoms with Gasteiger partial charge in [-0.05, 0) is 123 Å². The van der Waals surface area contributed by atoms with Gasteiger partial charge < -0.3 is 29.7 Å². The van der Waals surface area contributed by atoms with Gasteiger partial charge in [0.05, 0.1) is 5.48 Å². The number of para-hydroxylation sites is 4. The molecule has 8 aromatic carbocycles. The van der Waals surface area contributed by atoms with Crippen LogP contribution < -0.4 is 25.2 Å². The Morgan fingerprint density at radius 1 is 0.580 bits per heavy atom. The maximum atomic E-state index is 9.52. The zero-order valence-corrected chi connectivity index (χ0v) is 51.8. The molecule has 0 spiro atoms. The SMILES string of the molecule is [2H]c1c([2H])c([2H])c2c(c1[2H])c1ccc(Oc3[c-]c(N4[CH-]N(c5c(/C6=C/C=C\N/C=C\C=C/[B]6)cccc5/C5=C/C=C\N/C=C\C=C/[B]5)c5ccccc54)cc(-c4c(C(C)C)cccc4C(C)C)c3)[c-]c1n2-c1cc(C(C)(c2ccccc2)c2ccccc2)ccn1.[Pt]. The molecule has 2 aromatic heterocycles. The van der Waals surface area contributed by atoms with E-state index in [4.69, 9.17) is 12.5 Å². The molecule has 0 saturated heterocycles. The number of rotatable bonds is 13. The van der Waals surface area contributed by atoms with Gasteiger partial charge in [-0.2, -0.15) is 6.07 Å². The Labute approximate surface area is 539 Å². The number of fused-ring (bicyclic) bond motifs is 4. The predicted molar refractivity (Wildman–Crippen MR) is 365 cm³/mol. The van der Waals surface area contributed by atoms with Gasteiger partial charge in [-0.25, -0.2) is 4.98 Å². The van der Waals surface area contributed by atoms with Crippen molar-refractivity contribution in [2.45, 2.75) is 51.9 Å². The zero-order valence-electron chi connectivity index (χ0n) is 53.6. The number of pyridine rings is 1. The average molecular weight is 1320 g/mol. The van der Waals surface area contributed by atoms with Crippen molar-refractivity contribution in [3.05, 3.63) is 331 Å². The molecule has 10 heteroatoms. The number of hydrogen-bond acceptors (Lipinski definition) is 6. The molecule has 2 N–H and O–H groups in total. The molecular weight excluding hydrogens is 1250 g/mol. The van der Waals surface area contributed by atoms with E-state index in [9.17, 15) is 2.74 Å². The standard InChI is InChI=1S/C78H65B2N6O.Pt/c1-54(2)63-29-20-30-64(55(3)4)76(63)56-48-60(84-53-85(73-37-15-14-36-72(73)84)77-67(69-33-22-45-81-43-18-16-41-79-69)31-21-32-68(77)70-34-23-46-82-44-19-17-42-80-70)51-62(49-56)87-61-38-39-66-65-28-12-13-35-71(65)86(74(66)52-61)75-50-59(40-47-83-75)78(5,57-24-8-6-9-25-57)58-26-10-7-11-27-58;/h6-50,53-55,81-82H,1-5H3;/q-3;/b41-16-,42-17-,43-18-,44-19-,45-22-,46-23-,69-33-,70-34-;/i12D,13D,28D,35D;. The first-order valence-electron chi connectivity index (χ1n) is 31.6. The summed E-state index contributed by atoms with van der Waals surface area (Å²) in [6.07, 6.45) is 25.7. The first kappa shape index (κ1) is 53.9. The van der Waals surface area contributed by atoms with Gasteiger partial charge in [-0.1, -0.05) is 196 Å². The number of anilines is 4. The van der Waals surface area contributed by atoms with Gasteiger partial charge in [0.25, 0.3) is 0 Å². The molecule has 13 rings (SSSR count). The van der Waals surface area contributed by atoms with Crippen LogP contribution in [0.1, 0.15) is 90.9 Å². The van der Waals surface area contributed by atoms with E-state index in [0.717, 1.165) is 72.6 Å². The summed E-state index contributed by atoms with van der Waals surface area (Å²) in [6.45, 7) is 13.3. The summed E-state index contributed by atoms with van der Waals surface area (Å²) in [5.41, 5.74) is 15.3. The molecule has 0 amide bonds. The Kier molecular flexibility index (Phi) is 16.0. The summed E-state index contributed by atoms with van der Waals surface area (Å²) in [5, 5.41) is 7.41. The van der Waals surface area contributed by atoms with Crippen LogP contribution in [0.2, 0.25) is 0 Å². The van der Waals surface area contributed by atoms with E-state index in [0.29, 0.717) is 33.6 Å². The van der Waals surface area contributed by atoms with Gasteiger partial charge in [-0.15, -0.1) is 65.6 Å². The number of nitrogens with zero attached hydrogens (tertiary/aromatic N) is 4. The second-order valence-corrected chi connectivity index (χ2v) is 22.4. The molecule has 0 unspecified atom stereocenters. The van der Waals surface area contributed by atoms with E-state index >= 15 is 0 Å². The van der Waals surface area contributed by atoms with Crippen molar-refractivity contribution < 1.29 is 31.3 Å². The Bertz CT molecular complexity index is 4570. The average Bonchev–Trinajstić information content (AvgIpc) is 1.55. The smallest absolute Gasteiger partial charge is 0.182 e. The quantitative estimate of drug-likeness (QED) is 0.0886. The van der Waals surface area contributed by atoms with Crippen molar-refractivity contribution in [1.82, 2.24) is 20.2 Å². The van der Waals surface area contributed by atoms with Gasteiger partial charge in [0.1, 0.15) is 5.82 Å². The predicted octanol–water partition coefficient (Wildman–Crippen LogP) is 18.6. The maximum absolute atomic E-state index is 9.52. The first-order chi connectivity index (χ1) is 44.4. The molecule has 10 aromatic rings. The van der Waals surface area contributed by atoms with Gasteiger partial charge >= 0.3 is 0 Å². The summed E-state index contributed by atoms with van der Waals surface area (Å²) in [6, 6.07) is 60.7. The maximum Gasteiger partial charge on any atom is 0.182 e. The Hall–Kier alpha value is -9.55. The van der Waals surface area contributed by atoms with Crippen LogP contribution in [0.25, 0.3) is 49.7 Å². The molecule has 3 aliphatic heterocycles. The van der Waals surface area contributed by atoms with Crippen LogP contribution in [-0.2, 0) is 26.5 Å². The Morgan fingerprint density at radius 2 is 1.17 bits per heavy atom. The van der Waals surface area contributed by atoms with Gasteiger partial charge in [0.2, 0.25) is 0 Å². The number of hydrogen-bond donors (Lipinski definition) is 2. The van der Waals surface area contributed by atoms with Gasteiger partial charge in [0, 0.05) is 91.6 Å². The summed E-state index contributed by atoms with van der Waals surface area (Å²) in [7, 11) is 4.29. The molecule has 432 valence electrons. The topological polar surface area (TPSA) is 57.6 Å². The van der Waals surface area contributed by atoms with E-state index < -0.39 is 5.41 Å². The molecule has 3 aliphatic rings. The molecular formula is C78H65B2N6OPt-3. The van der Waals surface area contributed by atoms with Crippen LogP contribution in [0.15, 0.2) is 273 Å². The van der Waals surface area contributed by atoms with Crippen molar-refractivity contribution in [3.63, 3.8) is 0 Å². The van der Waals surface area contributed by atoms with E-state index in [1.165, 1.54) is 11.1 Å². The van der Waals surface area contributed by atoms with Crippen molar-refractivity contribution in [1.29, 1.82) is 0 Å². The molecule has 0 atom stereocenters. The minimum absolute atomic E-state index is 0. The summed E-state index contributed by atoms with van der Waals surface area (Å²) < 4.78 is 45.8. The van der Waals surface area contributed by atoms with Crippen LogP contribution in [0.5, 0.6) is 11.5 Å². The number of ether oxygens (including phenoxy) is 1. The van der Waals surface area contributed by atoms with Crippen LogP contribution in [-0.4, -0.2) is 24.1 Å². The second kappa shape index (κ2) is 26.2. The fourth-order valence-electron chi connectivity index (χ4n) is 12.1. The summed E-state index contributed by atoms with van der Waals surface area (Å²) in [5.74, 6) is 5.73. The van der Waals surface area contributed by atoms with Gasteiger partial charge in [-0.3, -0.25) is 0 Å². The summed E-state index contributed by atoms with van der Waals surface area (Å²) in [4.78, 5) is 9.49. The second-order valence-electron chi connectivity index (χ2n) is 22.4. The van der Waals surface area contributed by atoms with E-state index in [1.807, 2.05) is 126 Å². The normalized spacial score (nSPS) is 18.0. The van der Waals surface area contributed by atoms with Crippen LogP contribution >= 0.6 is 0 Å². The molecule has 7 nitrogen and oxygen atoms in total. The molecule has 5 heterocycles. The van der Waals surface area contributed by atoms with Crippen LogP contribution in [0.3, 0.4) is 0 Å². The van der Waals surface area contributed by atoms with Crippen molar-refractivity contribution >= 4 is 70.1 Å². The van der Waals surface area contributed by atoms with Crippen LogP contribution in [0, 0.1) is 18.8 Å². The van der Waals surface area contributed by atoms with Gasteiger partial charge in [0.15, 0.2) is 14.6 Å². The van der Waals surface area contributed by atoms with Crippen molar-refractivity contribution in [3.8, 4) is 28.4 Å². The van der Waals surface area contributed by atoms with Crippen LogP contribution in [0.4, 0.5) is 22.7 Å². The number of aromatic nitrogens is 2.